The zero-order chi connectivity index (χ0) is 22.2. The van der Waals surface area contributed by atoms with E-state index in [1.807, 2.05) is 24.3 Å². The summed E-state index contributed by atoms with van der Waals surface area (Å²) in [6, 6.07) is 18.1. The second-order valence-electron chi connectivity index (χ2n) is 7.47. The Morgan fingerprint density at radius 1 is 0.906 bits per heavy atom. The number of amides is 2. The Morgan fingerprint density at radius 3 is 2.38 bits per heavy atom. The van der Waals surface area contributed by atoms with Crippen LogP contribution in [0.2, 0.25) is 0 Å². The molecular weight excluding hydrogens is 406 g/mol. The van der Waals surface area contributed by atoms with E-state index in [1.165, 1.54) is 6.20 Å². The Morgan fingerprint density at radius 2 is 1.69 bits per heavy atom. The molecule has 0 radical (unpaired) electrons. The van der Waals surface area contributed by atoms with Gasteiger partial charge in [-0.3, -0.25) is 14.7 Å². The van der Waals surface area contributed by atoms with Gasteiger partial charge in [0.1, 0.15) is 0 Å². The lowest BCUT2D eigenvalue weighted by Gasteiger charge is -2.33. The van der Waals surface area contributed by atoms with Gasteiger partial charge in [-0.05, 0) is 30.3 Å². The van der Waals surface area contributed by atoms with Crippen molar-refractivity contribution in [3.8, 4) is 5.88 Å². The Hall–Kier alpha value is -3.78. The van der Waals surface area contributed by atoms with Crippen LogP contribution in [0.5, 0.6) is 5.88 Å². The van der Waals surface area contributed by atoms with Crippen molar-refractivity contribution < 1.29 is 14.3 Å². The van der Waals surface area contributed by atoms with E-state index < -0.39 is 6.09 Å². The molecule has 0 atom stereocenters. The predicted octanol–water partition coefficient (Wildman–Crippen LogP) is 3.09. The number of ether oxygens (including phenoxy) is 1. The van der Waals surface area contributed by atoms with E-state index >= 15 is 0 Å². The molecule has 1 aliphatic heterocycles. The molecule has 0 saturated carbocycles. The van der Waals surface area contributed by atoms with Crippen LogP contribution in [0, 0.1) is 0 Å². The number of nitrogens with zero attached hydrogens (tertiary/aromatic N) is 4. The molecule has 0 bridgehead atoms. The quantitative estimate of drug-likeness (QED) is 0.645. The lowest BCUT2D eigenvalue weighted by Crippen LogP contribution is -2.50. The average Bonchev–Trinajstić information content (AvgIpc) is 2.85. The van der Waals surface area contributed by atoms with E-state index in [0.717, 1.165) is 31.7 Å². The minimum Gasteiger partial charge on any atom is -0.391 e. The smallest absolute Gasteiger partial charge is 0.391 e. The number of hydrogen-bond donors (Lipinski definition) is 1. The van der Waals surface area contributed by atoms with E-state index in [0.29, 0.717) is 24.3 Å². The van der Waals surface area contributed by atoms with Crippen LogP contribution in [0.25, 0.3) is 0 Å². The molecule has 1 saturated heterocycles. The topological polar surface area (TPSA) is 87.7 Å². The summed E-state index contributed by atoms with van der Waals surface area (Å²) in [7, 11) is 0. The molecule has 2 aromatic heterocycles. The highest BCUT2D eigenvalue weighted by molar-refractivity contribution is 6.04. The molecule has 1 fully saturated rings. The SMILES string of the molecule is O=C(Nc1ccc(OC(=O)N2CCN(CCc3ccccn3)CC2)nc1)c1ccccc1. The van der Waals surface area contributed by atoms with E-state index in [4.69, 9.17) is 4.74 Å². The van der Waals surface area contributed by atoms with Gasteiger partial charge in [-0.2, -0.15) is 0 Å². The van der Waals surface area contributed by atoms with Crippen LogP contribution in [-0.4, -0.2) is 64.5 Å². The monoisotopic (exact) mass is 431 g/mol. The second-order valence-corrected chi connectivity index (χ2v) is 7.47. The van der Waals surface area contributed by atoms with E-state index in [2.05, 4.69) is 20.2 Å². The summed E-state index contributed by atoms with van der Waals surface area (Å²) >= 11 is 0. The van der Waals surface area contributed by atoms with Crippen LogP contribution in [0.1, 0.15) is 16.1 Å². The molecule has 1 aliphatic rings. The van der Waals surface area contributed by atoms with Crippen molar-refractivity contribution in [1.29, 1.82) is 0 Å². The van der Waals surface area contributed by atoms with Gasteiger partial charge in [0.25, 0.3) is 5.91 Å². The Balaban J connectivity index is 1.21. The van der Waals surface area contributed by atoms with E-state index in [9.17, 15) is 9.59 Å². The van der Waals surface area contributed by atoms with Crippen LogP contribution in [0.15, 0.2) is 73.1 Å². The first kappa shape index (κ1) is 21.5. The fourth-order valence-corrected chi connectivity index (χ4v) is 3.43. The molecule has 0 aliphatic carbocycles. The molecule has 3 heterocycles. The molecule has 32 heavy (non-hydrogen) atoms. The third-order valence-corrected chi connectivity index (χ3v) is 5.26. The van der Waals surface area contributed by atoms with E-state index in [-0.39, 0.29) is 11.8 Å². The van der Waals surface area contributed by atoms with Gasteiger partial charge in [-0.25, -0.2) is 9.78 Å². The number of nitrogens with one attached hydrogen (secondary N) is 1. The number of rotatable bonds is 6. The zero-order valence-electron chi connectivity index (χ0n) is 17.7. The van der Waals surface area contributed by atoms with Crippen molar-refractivity contribution in [3.05, 3.63) is 84.3 Å². The van der Waals surface area contributed by atoms with Gasteiger partial charge in [-0.15, -0.1) is 0 Å². The Labute approximate surface area is 186 Å². The van der Waals surface area contributed by atoms with Gasteiger partial charge in [-0.1, -0.05) is 24.3 Å². The molecule has 8 nitrogen and oxygen atoms in total. The fourth-order valence-electron chi connectivity index (χ4n) is 3.43. The molecule has 0 unspecified atom stereocenters. The van der Waals surface area contributed by atoms with Crippen molar-refractivity contribution in [3.63, 3.8) is 0 Å². The molecule has 4 rings (SSSR count). The number of carbonyl (C=O) groups is 2. The van der Waals surface area contributed by atoms with Crippen molar-refractivity contribution in [1.82, 2.24) is 19.8 Å². The number of pyridine rings is 2. The number of hydrogen-bond acceptors (Lipinski definition) is 6. The largest absolute Gasteiger partial charge is 0.416 e. The molecule has 164 valence electrons. The van der Waals surface area contributed by atoms with Crippen LogP contribution in [0.3, 0.4) is 0 Å². The third-order valence-electron chi connectivity index (χ3n) is 5.26. The number of aromatic nitrogens is 2. The maximum Gasteiger partial charge on any atom is 0.416 e. The van der Waals surface area contributed by atoms with Gasteiger partial charge in [0.05, 0.1) is 11.9 Å². The minimum absolute atomic E-state index is 0.199. The van der Waals surface area contributed by atoms with Gasteiger partial charge in [0.15, 0.2) is 0 Å². The maximum atomic E-state index is 12.5. The lowest BCUT2D eigenvalue weighted by atomic mass is 10.2. The first-order valence-corrected chi connectivity index (χ1v) is 10.6. The van der Waals surface area contributed by atoms with Crippen molar-refractivity contribution in [2.75, 3.05) is 38.0 Å². The van der Waals surface area contributed by atoms with Crippen LogP contribution in [0.4, 0.5) is 10.5 Å². The summed E-state index contributed by atoms with van der Waals surface area (Å²) in [4.78, 5) is 37.2. The summed E-state index contributed by atoms with van der Waals surface area (Å²) in [6.07, 6.45) is 3.76. The molecule has 2 amide bonds. The predicted molar refractivity (Wildman–Crippen MR) is 121 cm³/mol. The minimum atomic E-state index is -0.414. The third kappa shape index (κ3) is 5.89. The molecule has 8 heteroatoms. The van der Waals surface area contributed by atoms with Crippen molar-refractivity contribution >= 4 is 17.7 Å². The normalized spacial score (nSPS) is 14.1. The molecule has 1 aromatic carbocycles. The Kier molecular flexibility index (Phi) is 7.04. The van der Waals surface area contributed by atoms with Crippen LogP contribution >= 0.6 is 0 Å². The van der Waals surface area contributed by atoms with Gasteiger partial charge in [0, 0.05) is 62.7 Å². The number of anilines is 1. The van der Waals surface area contributed by atoms with Gasteiger partial charge >= 0.3 is 6.09 Å². The number of benzene rings is 1. The highest BCUT2D eigenvalue weighted by Crippen LogP contribution is 2.15. The van der Waals surface area contributed by atoms with Crippen molar-refractivity contribution in [2.24, 2.45) is 0 Å². The molecular formula is C24H25N5O3. The number of piperazine rings is 1. The second kappa shape index (κ2) is 10.5. The average molecular weight is 431 g/mol. The highest BCUT2D eigenvalue weighted by Gasteiger charge is 2.22. The summed E-state index contributed by atoms with van der Waals surface area (Å²) < 4.78 is 5.40. The highest BCUT2D eigenvalue weighted by atomic mass is 16.6. The summed E-state index contributed by atoms with van der Waals surface area (Å²) in [5.41, 5.74) is 2.16. The van der Waals surface area contributed by atoms with E-state index in [1.54, 1.807) is 47.5 Å². The first-order valence-electron chi connectivity index (χ1n) is 10.6. The zero-order valence-corrected chi connectivity index (χ0v) is 17.7. The standard InChI is InChI=1S/C24H25N5O3/c30-23(19-6-2-1-3-7-19)27-21-9-10-22(26-18-21)32-24(31)29-16-14-28(15-17-29)13-11-20-8-4-5-12-25-20/h1-10,12,18H,11,13-17H2,(H,27,30). The van der Waals surface area contributed by atoms with Gasteiger partial charge < -0.3 is 15.0 Å². The first-order chi connectivity index (χ1) is 15.7. The Bertz CT molecular complexity index is 1020. The summed E-state index contributed by atoms with van der Waals surface area (Å²) in [6.45, 7) is 3.70. The van der Waals surface area contributed by atoms with Crippen LogP contribution in [-0.2, 0) is 6.42 Å². The van der Waals surface area contributed by atoms with Crippen LogP contribution < -0.4 is 10.1 Å². The van der Waals surface area contributed by atoms with Gasteiger partial charge in [0.2, 0.25) is 5.88 Å². The maximum absolute atomic E-state index is 12.5. The fraction of sp³-hybridized carbons (Fsp3) is 0.250. The lowest BCUT2D eigenvalue weighted by molar-refractivity contribution is 0.102. The molecule has 3 aromatic rings. The molecule has 1 N–H and O–H groups in total. The number of carbonyl (C=O) groups excluding carboxylic acids is 2. The summed E-state index contributed by atoms with van der Waals surface area (Å²) in [5.74, 6) is -0.0247. The summed E-state index contributed by atoms with van der Waals surface area (Å²) in [5, 5.41) is 2.77. The molecule has 0 spiro atoms. The van der Waals surface area contributed by atoms with Crippen molar-refractivity contribution in [2.45, 2.75) is 6.42 Å².